The number of aromatic nitrogens is 1. The second kappa shape index (κ2) is 8.71. The molecule has 3 aromatic rings. The van der Waals surface area contributed by atoms with Crippen LogP contribution in [0.5, 0.6) is 0 Å². The van der Waals surface area contributed by atoms with E-state index in [1.165, 1.54) is 5.69 Å². The summed E-state index contributed by atoms with van der Waals surface area (Å²) < 4.78 is 28.8. The average molecular weight is 425 g/mol. The summed E-state index contributed by atoms with van der Waals surface area (Å²) in [6, 6.07) is 17.8. The van der Waals surface area contributed by atoms with Crippen LogP contribution in [-0.2, 0) is 10.0 Å². The third-order valence-corrected chi connectivity index (χ3v) is 7.18. The standard InChI is InChI=1S/C23H28N4O2S/c1-18-15-20-7-6-10-22(23(20)24-16-18)30(28,29)25-17-19(2)26-11-13-27(14-12-26)21-8-4-3-5-9-21/h3-10,15-16,19,25H,11-14,17H2,1-2H3/t19-/m0/s1. The summed E-state index contributed by atoms with van der Waals surface area (Å²) in [6.45, 7) is 8.09. The van der Waals surface area contributed by atoms with Gasteiger partial charge in [0.25, 0.3) is 0 Å². The minimum absolute atomic E-state index is 0.114. The number of nitrogens with zero attached hydrogens (tertiary/aromatic N) is 3. The molecule has 0 spiro atoms. The highest BCUT2D eigenvalue weighted by Crippen LogP contribution is 2.22. The Morgan fingerprint density at radius 2 is 1.77 bits per heavy atom. The molecule has 2 aromatic carbocycles. The van der Waals surface area contributed by atoms with E-state index >= 15 is 0 Å². The van der Waals surface area contributed by atoms with Gasteiger partial charge in [-0.1, -0.05) is 30.3 Å². The number of hydrogen-bond donors (Lipinski definition) is 1. The molecule has 158 valence electrons. The number of aryl methyl sites for hydroxylation is 1. The molecule has 0 unspecified atom stereocenters. The number of benzene rings is 2. The summed E-state index contributed by atoms with van der Waals surface area (Å²) in [6.07, 6.45) is 1.70. The van der Waals surface area contributed by atoms with Gasteiger partial charge in [-0.2, -0.15) is 0 Å². The Morgan fingerprint density at radius 3 is 2.50 bits per heavy atom. The first-order valence-electron chi connectivity index (χ1n) is 10.3. The summed E-state index contributed by atoms with van der Waals surface area (Å²) in [4.78, 5) is 9.32. The van der Waals surface area contributed by atoms with Crippen molar-refractivity contribution in [3.63, 3.8) is 0 Å². The Bertz CT molecular complexity index is 1110. The van der Waals surface area contributed by atoms with Crippen LogP contribution >= 0.6 is 0 Å². The van der Waals surface area contributed by atoms with Crippen LogP contribution in [0.1, 0.15) is 12.5 Å². The van der Waals surface area contributed by atoms with Crippen LogP contribution < -0.4 is 9.62 Å². The molecule has 1 aliphatic heterocycles. The molecule has 0 amide bonds. The van der Waals surface area contributed by atoms with Crippen LogP contribution in [0.4, 0.5) is 5.69 Å². The number of rotatable bonds is 6. The molecule has 1 saturated heterocycles. The average Bonchev–Trinajstić information content (AvgIpc) is 2.77. The zero-order chi connectivity index (χ0) is 21.1. The van der Waals surface area contributed by atoms with E-state index in [1.54, 1.807) is 18.3 Å². The quantitative estimate of drug-likeness (QED) is 0.659. The lowest BCUT2D eigenvalue weighted by atomic mass is 10.2. The largest absolute Gasteiger partial charge is 0.369 e. The van der Waals surface area contributed by atoms with Gasteiger partial charge in [-0.15, -0.1) is 0 Å². The third-order valence-electron chi connectivity index (χ3n) is 5.73. The SMILES string of the molecule is Cc1cnc2c(S(=O)(=O)NC[C@H](C)N3CCN(c4ccccc4)CC3)cccc2c1. The first-order chi connectivity index (χ1) is 14.4. The lowest BCUT2D eigenvalue weighted by Crippen LogP contribution is -2.52. The molecule has 1 N–H and O–H groups in total. The molecule has 30 heavy (non-hydrogen) atoms. The topological polar surface area (TPSA) is 65.5 Å². The second-order valence-electron chi connectivity index (χ2n) is 7.90. The molecule has 6 nitrogen and oxygen atoms in total. The maximum Gasteiger partial charge on any atom is 0.242 e. The van der Waals surface area contributed by atoms with E-state index in [0.717, 1.165) is 37.1 Å². The summed E-state index contributed by atoms with van der Waals surface area (Å²) >= 11 is 0. The van der Waals surface area contributed by atoms with Gasteiger partial charge >= 0.3 is 0 Å². The molecule has 0 aliphatic carbocycles. The predicted molar refractivity (Wildman–Crippen MR) is 121 cm³/mol. The molecule has 1 atom stereocenters. The number of nitrogens with one attached hydrogen (secondary N) is 1. The normalized spacial score (nSPS) is 16.7. The Labute approximate surface area is 178 Å². The molecule has 4 rings (SSSR count). The van der Waals surface area contributed by atoms with Crippen LogP contribution in [0.3, 0.4) is 0 Å². The van der Waals surface area contributed by atoms with Crippen LogP contribution in [0.2, 0.25) is 0 Å². The van der Waals surface area contributed by atoms with Gasteiger partial charge in [0.15, 0.2) is 0 Å². The Morgan fingerprint density at radius 1 is 1.03 bits per heavy atom. The van der Waals surface area contributed by atoms with Gasteiger partial charge < -0.3 is 4.90 Å². The first-order valence-corrected chi connectivity index (χ1v) is 11.8. The van der Waals surface area contributed by atoms with E-state index < -0.39 is 10.0 Å². The van der Waals surface area contributed by atoms with Crippen molar-refractivity contribution >= 4 is 26.6 Å². The van der Waals surface area contributed by atoms with Gasteiger partial charge in [0.2, 0.25) is 10.0 Å². The van der Waals surface area contributed by atoms with Crippen LogP contribution in [0.15, 0.2) is 65.7 Å². The number of para-hydroxylation sites is 2. The number of piperazine rings is 1. The number of sulfonamides is 1. The fraction of sp³-hybridized carbons (Fsp3) is 0.348. The van der Waals surface area contributed by atoms with E-state index in [4.69, 9.17) is 0 Å². The first kappa shape index (κ1) is 20.8. The van der Waals surface area contributed by atoms with Crippen molar-refractivity contribution in [3.05, 3.63) is 66.4 Å². The maximum atomic E-state index is 13.0. The van der Waals surface area contributed by atoms with Crippen molar-refractivity contribution in [1.82, 2.24) is 14.6 Å². The fourth-order valence-electron chi connectivity index (χ4n) is 3.96. The number of pyridine rings is 1. The van der Waals surface area contributed by atoms with Crippen molar-refractivity contribution in [1.29, 1.82) is 0 Å². The van der Waals surface area contributed by atoms with E-state index in [-0.39, 0.29) is 10.9 Å². The van der Waals surface area contributed by atoms with Crippen molar-refractivity contribution in [2.24, 2.45) is 0 Å². The molecule has 0 bridgehead atoms. The zero-order valence-corrected chi connectivity index (χ0v) is 18.3. The predicted octanol–water partition coefficient (Wildman–Crippen LogP) is 3.03. The molecule has 1 aliphatic rings. The molecule has 1 aromatic heterocycles. The molecule has 7 heteroatoms. The van der Waals surface area contributed by atoms with Gasteiger partial charge in [0.05, 0.1) is 5.52 Å². The van der Waals surface area contributed by atoms with E-state index in [9.17, 15) is 8.42 Å². The molecule has 0 saturated carbocycles. The number of hydrogen-bond acceptors (Lipinski definition) is 5. The van der Waals surface area contributed by atoms with Crippen LogP contribution in [0.25, 0.3) is 10.9 Å². The zero-order valence-electron chi connectivity index (χ0n) is 17.5. The van der Waals surface area contributed by atoms with E-state index in [1.807, 2.05) is 25.1 Å². The number of anilines is 1. The Kier molecular flexibility index (Phi) is 6.04. The monoisotopic (exact) mass is 424 g/mol. The minimum Gasteiger partial charge on any atom is -0.369 e. The summed E-state index contributed by atoms with van der Waals surface area (Å²) in [5.41, 5.74) is 2.76. The number of fused-ring (bicyclic) bond motifs is 1. The molecular weight excluding hydrogens is 396 g/mol. The molecule has 2 heterocycles. The van der Waals surface area contributed by atoms with Crippen molar-refractivity contribution in [2.45, 2.75) is 24.8 Å². The molecule has 1 fully saturated rings. The lowest BCUT2D eigenvalue weighted by Gasteiger charge is -2.39. The van der Waals surface area contributed by atoms with Gasteiger partial charge in [-0.05, 0) is 43.7 Å². The molecule has 0 radical (unpaired) electrons. The summed E-state index contributed by atoms with van der Waals surface area (Å²) in [5, 5.41) is 0.836. The minimum atomic E-state index is -3.64. The smallest absolute Gasteiger partial charge is 0.242 e. The Balaban J connectivity index is 1.39. The maximum absolute atomic E-state index is 13.0. The van der Waals surface area contributed by atoms with E-state index in [0.29, 0.717) is 12.1 Å². The summed E-state index contributed by atoms with van der Waals surface area (Å²) in [7, 11) is -3.64. The van der Waals surface area contributed by atoms with Crippen LogP contribution in [-0.4, -0.2) is 57.1 Å². The van der Waals surface area contributed by atoms with Crippen molar-refractivity contribution in [2.75, 3.05) is 37.6 Å². The highest BCUT2D eigenvalue weighted by atomic mass is 32.2. The van der Waals surface area contributed by atoms with Crippen molar-refractivity contribution in [3.8, 4) is 0 Å². The highest BCUT2D eigenvalue weighted by Gasteiger charge is 2.24. The van der Waals surface area contributed by atoms with E-state index in [2.05, 4.69) is 50.7 Å². The third kappa shape index (κ3) is 4.48. The summed E-state index contributed by atoms with van der Waals surface area (Å²) in [5.74, 6) is 0. The van der Waals surface area contributed by atoms with Gasteiger partial charge in [-0.3, -0.25) is 9.88 Å². The van der Waals surface area contributed by atoms with Crippen LogP contribution in [0, 0.1) is 6.92 Å². The van der Waals surface area contributed by atoms with Gasteiger partial charge in [0, 0.05) is 56.0 Å². The fourth-order valence-corrected chi connectivity index (χ4v) is 5.26. The van der Waals surface area contributed by atoms with Gasteiger partial charge in [0.1, 0.15) is 4.90 Å². The second-order valence-corrected chi connectivity index (χ2v) is 9.64. The van der Waals surface area contributed by atoms with Crippen molar-refractivity contribution < 1.29 is 8.42 Å². The highest BCUT2D eigenvalue weighted by molar-refractivity contribution is 7.89. The van der Waals surface area contributed by atoms with Gasteiger partial charge in [-0.25, -0.2) is 13.1 Å². The molecular formula is C23H28N4O2S. The Hall–Kier alpha value is -2.48. The lowest BCUT2D eigenvalue weighted by molar-refractivity contribution is 0.198.